The van der Waals surface area contributed by atoms with Gasteiger partial charge in [-0.1, -0.05) is 0 Å². The molecular weight excluding hydrogens is 140 g/mol. The third-order valence-corrected chi connectivity index (χ3v) is 0.656. The summed E-state index contributed by atoms with van der Waals surface area (Å²) in [4.78, 5) is 19.7. The van der Waals surface area contributed by atoms with Crippen molar-refractivity contribution in [1.29, 1.82) is 0 Å². The van der Waals surface area contributed by atoms with Crippen molar-refractivity contribution in [2.75, 3.05) is 20.3 Å². The van der Waals surface area contributed by atoms with Crippen LogP contribution in [0.5, 0.6) is 0 Å². The maximum atomic E-state index is 10.2. The Labute approximate surface area is 57.9 Å². The minimum absolute atomic E-state index is 0.0193. The van der Waals surface area contributed by atoms with Gasteiger partial charge in [0, 0.05) is 0 Å². The summed E-state index contributed by atoms with van der Waals surface area (Å²) in [5.41, 5.74) is 0. The monoisotopic (exact) mass is 148 g/mol. The number of rotatable bonds is 4. The molecule has 0 aliphatic heterocycles. The molecular formula is C5H8O5. The van der Waals surface area contributed by atoms with Crippen LogP contribution in [0.15, 0.2) is 0 Å². The van der Waals surface area contributed by atoms with Gasteiger partial charge in [0.1, 0.15) is 13.2 Å². The number of hydrogen-bond acceptors (Lipinski definition) is 5. The molecule has 0 amide bonds. The van der Waals surface area contributed by atoms with E-state index in [1.807, 2.05) is 0 Å². The Balaban J connectivity index is 3.03. The van der Waals surface area contributed by atoms with Gasteiger partial charge in [-0.2, -0.15) is 0 Å². The van der Waals surface area contributed by atoms with Crippen molar-refractivity contribution >= 4 is 12.6 Å². The molecule has 0 aromatic heterocycles. The minimum atomic E-state index is -0.783. The Morgan fingerprint density at radius 3 is 2.70 bits per heavy atom. The SMILES string of the molecule is COC(=O)OCCOC=O. The van der Waals surface area contributed by atoms with Gasteiger partial charge in [0.2, 0.25) is 0 Å². The van der Waals surface area contributed by atoms with Gasteiger partial charge in [-0.3, -0.25) is 4.79 Å². The Bertz CT molecular complexity index is 111. The van der Waals surface area contributed by atoms with Gasteiger partial charge in [0.05, 0.1) is 7.11 Å². The molecule has 0 unspecified atom stereocenters. The zero-order valence-electron chi connectivity index (χ0n) is 5.53. The maximum Gasteiger partial charge on any atom is 0.508 e. The van der Waals surface area contributed by atoms with E-state index in [-0.39, 0.29) is 19.7 Å². The van der Waals surface area contributed by atoms with E-state index in [2.05, 4.69) is 14.2 Å². The highest BCUT2D eigenvalue weighted by atomic mass is 16.7. The van der Waals surface area contributed by atoms with Crippen molar-refractivity contribution in [3.8, 4) is 0 Å². The number of hydrogen-bond donors (Lipinski definition) is 0. The number of carbonyl (C=O) groups excluding carboxylic acids is 2. The van der Waals surface area contributed by atoms with Gasteiger partial charge in [-0.25, -0.2) is 4.79 Å². The molecule has 0 saturated carbocycles. The Kier molecular flexibility index (Phi) is 5.13. The van der Waals surface area contributed by atoms with E-state index >= 15 is 0 Å². The molecule has 0 radical (unpaired) electrons. The average Bonchev–Trinajstić information content (AvgIpc) is 1.98. The van der Waals surface area contributed by atoms with Crippen LogP contribution in [0.3, 0.4) is 0 Å². The van der Waals surface area contributed by atoms with Crippen LogP contribution in [-0.4, -0.2) is 33.0 Å². The average molecular weight is 148 g/mol. The molecule has 0 aromatic carbocycles. The van der Waals surface area contributed by atoms with Crippen molar-refractivity contribution in [2.45, 2.75) is 0 Å². The molecule has 0 fully saturated rings. The summed E-state index contributed by atoms with van der Waals surface area (Å²) in [6, 6.07) is 0. The van der Waals surface area contributed by atoms with E-state index < -0.39 is 6.16 Å². The van der Waals surface area contributed by atoms with Crippen LogP contribution >= 0.6 is 0 Å². The van der Waals surface area contributed by atoms with Crippen molar-refractivity contribution in [2.24, 2.45) is 0 Å². The summed E-state index contributed by atoms with van der Waals surface area (Å²) in [6.45, 7) is 0.352. The molecule has 0 aromatic rings. The van der Waals surface area contributed by atoms with E-state index in [1.165, 1.54) is 7.11 Å². The Morgan fingerprint density at radius 1 is 1.50 bits per heavy atom. The lowest BCUT2D eigenvalue weighted by Crippen LogP contribution is -2.09. The summed E-state index contributed by atoms with van der Waals surface area (Å²) in [5, 5.41) is 0. The normalized spacial score (nSPS) is 8.10. The summed E-state index contributed by atoms with van der Waals surface area (Å²) in [7, 11) is 1.20. The molecule has 58 valence electrons. The maximum absolute atomic E-state index is 10.2. The molecule has 0 spiro atoms. The zero-order chi connectivity index (χ0) is 7.82. The Morgan fingerprint density at radius 2 is 2.20 bits per heavy atom. The van der Waals surface area contributed by atoms with Gasteiger partial charge < -0.3 is 14.2 Å². The summed E-state index contributed by atoms with van der Waals surface area (Å²) in [6.07, 6.45) is -0.783. The fourth-order valence-corrected chi connectivity index (χ4v) is 0.280. The second-order valence-electron chi connectivity index (χ2n) is 1.27. The lowest BCUT2D eigenvalue weighted by molar-refractivity contribution is -0.129. The molecule has 0 N–H and O–H groups in total. The molecule has 0 bridgehead atoms. The van der Waals surface area contributed by atoms with E-state index in [1.54, 1.807) is 0 Å². The van der Waals surface area contributed by atoms with Crippen LogP contribution in [0.25, 0.3) is 0 Å². The highest BCUT2D eigenvalue weighted by molar-refractivity contribution is 5.59. The smallest absolute Gasteiger partial charge is 0.464 e. The van der Waals surface area contributed by atoms with Crippen LogP contribution in [0.4, 0.5) is 4.79 Å². The molecule has 0 aliphatic rings. The first kappa shape index (κ1) is 8.74. The molecule has 0 heterocycles. The highest BCUT2D eigenvalue weighted by Crippen LogP contribution is 1.80. The summed E-state index contributed by atoms with van der Waals surface area (Å²) < 4.78 is 12.7. The van der Waals surface area contributed by atoms with E-state index in [0.29, 0.717) is 0 Å². The van der Waals surface area contributed by atoms with Crippen molar-refractivity contribution < 1.29 is 23.8 Å². The third kappa shape index (κ3) is 4.89. The van der Waals surface area contributed by atoms with Crippen LogP contribution < -0.4 is 0 Å². The van der Waals surface area contributed by atoms with Gasteiger partial charge in [-0.15, -0.1) is 0 Å². The van der Waals surface area contributed by atoms with Crippen LogP contribution in [0, 0.1) is 0 Å². The Hall–Kier alpha value is -1.26. The first-order chi connectivity index (χ1) is 4.81. The second-order valence-corrected chi connectivity index (χ2v) is 1.27. The highest BCUT2D eigenvalue weighted by Gasteiger charge is 1.97. The quantitative estimate of drug-likeness (QED) is 0.317. The summed E-state index contributed by atoms with van der Waals surface area (Å²) >= 11 is 0. The van der Waals surface area contributed by atoms with Gasteiger partial charge in [0.25, 0.3) is 6.47 Å². The lowest BCUT2D eigenvalue weighted by Gasteiger charge is -2.00. The fraction of sp³-hybridized carbons (Fsp3) is 0.600. The first-order valence-corrected chi connectivity index (χ1v) is 2.57. The minimum Gasteiger partial charge on any atom is -0.464 e. The van der Waals surface area contributed by atoms with Crippen molar-refractivity contribution in [3.63, 3.8) is 0 Å². The third-order valence-electron chi connectivity index (χ3n) is 0.656. The lowest BCUT2D eigenvalue weighted by atomic mass is 10.8. The van der Waals surface area contributed by atoms with Crippen molar-refractivity contribution in [1.82, 2.24) is 0 Å². The molecule has 0 rings (SSSR count). The topological polar surface area (TPSA) is 61.8 Å². The molecule has 5 nitrogen and oxygen atoms in total. The van der Waals surface area contributed by atoms with Crippen LogP contribution in [0.1, 0.15) is 0 Å². The van der Waals surface area contributed by atoms with Crippen molar-refractivity contribution in [3.05, 3.63) is 0 Å². The van der Waals surface area contributed by atoms with E-state index in [4.69, 9.17) is 0 Å². The van der Waals surface area contributed by atoms with Crippen LogP contribution in [0.2, 0.25) is 0 Å². The summed E-state index contributed by atoms with van der Waals surface area (Å²) in [5.74, 6) is 0. The van der Waals surface area contributed by atoms with Crippen LogP contribution in [-0.2, 0) is 19.0 Å². The molecule has 0 aliphatic carbocycles. The zero-order valence-corrected chi connectivity index (χ0v) is 5.53. The number of methoxy groups -OCH3 is 1. The standard InChI is InChI=1S/C5H8O5/c1-8-5(7)10-3-2-9-4-6/h4H,2-3H2,1H3. The largest absolute Gasteiger partial charge is 0.508 e. The molecule has 10 heavy (non-hydrogen) atoms. The van der Waals surface area contributed by atoms with E-state index in [0.717, 1.165) is 0 Å². The second kappa shape index (κ2) is 5.87. The van der Waals surface area contributed by atoms with Gasteiger partial charge in [-0.05, 0) is 0 Å². The predicted octanol–water partition coefficient (Wildman–Crippen LogP) is -0.0576. The van der Waals surface area contributed by atoms with Gasteiger partial charge >= 0.3 is 6.16 Å². The number of ether oxygens (including phenoxy) is 3. The van der Waals surface area contributed by atoms with Gasteiger partial charge in [0.15, 0.2) is 0 Å². The first-order valence-electron chi connectivity index (χ1n) is 2.57. The fourth-order valence-electron chi connectivity index (χ4n) is 0.280. The van der Waals surface area contributed by atoms with E-state index in [9.17, 15) is 9.59 Å². The molecule has 5 heteroatoms. The predicted molar refractivity (Wildman–Crippen MR) is 30.4 cm³/mol. The molecule has 0 saturated heterocycles. The number of carbonyl (C=O) groups is 2. The molecule has 0 atom stereocenters.